The van der Waals surface area contributed by atoms with Gasteiger partial charge in [0.05, 0.1) is 6.10 Å². The van der Waals surface area contributed by atoms with Crippen LogP contribution >= 0.6 is 0 Å². The van der Waals surface area contributed by atoms with Crippen molar-refractivity contribution in [1.29, 1.82) is 0 Å². The summed E-state index contributed by atoms with van der Waals surface area (Å²) in [5, 5.41) is 9.56. The molecule has 106 valence electrons. The third-order valence-electron chi connectivity index (χ3n) is 3.85. The highest BCUT2D eigenvalue weighted by molar-refractivity contribution is 5.43. The number of hydrogen-bond acceptors (Lipinski definition) is 4. The number of anilines is 1. The van der Waals surface area contributed by atoms with E-state index in [0.29, 0.717) is 12.5 Å². The maximum Gasteiger partial charge on any atom is 0.121 e. The third kappa shape index (κ3) is 4.40. The summed E-state index contributed by atoms with van der Waals surface area (Å²) in [6.45, 7) is 5.61. The van der Waals surface area contributed by atoms with Crippen molar-refractivity contribution in [1.82, 2.24) is 4.90 Å². The molecule has 1 heterocycles. The zero-order valence-corrected chi connectivity index (χ0v) is 11.6. The van der Waals surface area contributed by atoms with Crippen molar-refractivity contribution in [2.24, 2.45) is 5.92 Å². The quantitative estimate of drug-likeness (QED) is 0.795. The lowest BCUT2D eigenvalue weighted by Gasteiger charge is -2.33. The third-order valence-corrected chi connectivity index (χ3v) is 3.85. The van der Waals surface area contributed by atoms with Crippen molar-refractivity contribution in [2.75, 3.05) is 32.0 Å². The molecule has 0 radical (unpaired) electrons. The average molecular weight is 264 g/mol. The minimum absolute atomic E-state index is 0.175. The Morgan fingerprint density at radius 2 is 2.16 bits per heavy atom. The normalized spacial score (nSPS) is 19.3. The number of aliphatic hydroxyl groups is 1. The molecule has 0 saturated carbocycles. The molecule has 19 heavy (non-hydrogen) atoms. The summed E-state index contributed by atoms with van der Waals surface area (Å²) >= 11 is 0. The van der Waals surface area contributed by atoms with Crippen LogP contribution in [0.2, 0.25) is 0 Å². The Labute approximate surface area is 115 Å². The van der Waals surface area contributed by atoms with Crippen LogP contribution in [-0.4, -0.2) is 42.4 Å². The fraction of sp³-hybridized carbons (Fsp3) is 0.600. The van der Waals surface area contributed by atoms with Gasteiger partial charge in [-0.2, -0.15) is 0 Å². The summed E-state index contributed by atoms with van der Waals surface area (Å²) in [6.07, 6.45) is 1.98. The van der Waals surface area contributed by atoms with Crippen LogP contribution < -0.4 is 10.5 Å². The Balaban J connectivity index is 1.67. The number of rotatable bonds is 5. The van der Waals surface area contributed by atoms with Gasteiger partial charge in [-0.05, 0) is 50.9 Å². The number of nitrogen functional groups attached to an aromatic ring is 1. The standard InChI is InChI=1S/C15H24N2O2/c1-12(18)13-5-7-17(8-6-13)9-10-19-15-4-2-3-14(16)11-15/h2-4,11-13,18H,5-10,16H2,1H3. The predicted octanol–water partition coefficient (Wildman–Crippen LogP) is 1.74. The predicted molar refractivity (Wildman–Crippen MR) is 77.2 cm³/mol. The Hall–Kier alpha value is -1.26. The number of likely N-dealkylation sites (tertiary alicyclic amines) is 1. The molecular weight excluding hydrogens is 240 g/mol. The van der Waals surface area contributed by atoms with Crippen molar-refractivity contribution in [3.63, 3.8) is 0 Å². The molecule has 1 aromatic rings. The Morgan fingerprint density at radius 3 is 2.79 bits per heavy atom. The number of ether oxygens (including phenoxy) is 1. The van der Waals surface area contributed by atoms with Gasteiger partial charge < -0.3 is 15.6 Å². The second kappa shape index (κ2) is 6.78. The van der Waals surface area contributed by atoms with Crippen molar-refractivity contribution in [2.45, 2.75) is 25.9 Å². The van der Waals surface area contributed by atoms with Crippen LogP contribution in [0.15, 0.2) is 24.3 Å². The molecule has 3 N–H and O–H groups in total. The van der Waals surface area contributed by atoms with E-state index >= 15 is 0 Å². The molecule has 0 bridgehead atoms. The molecule has 4 heteroatoms. The van der Waals surface area contributed by atoms with Crippen LogP contribution in [0, 0.1) is 5.92 Å². The monoisotopic (exact) mass is 264 g/mol. The number of aliphatic hydroxyl groups excluding tert-OH is 1. The van der Waals surface area contributed by atoms with Crippen molar-refractivity contribution in [3.8, 4) is 5.75 Å². The number of hydrogen-bond donors (Lipinski definition) is 2. The summed E-state index contributed by atoms with van der Waals surface area (Å²) in [5.41, 5.74) is 6.43. The van der Waals surface area contributed by atoms with Gasteiger partial charge in [0.2, 0.25) is 0 Å². The highest BCUT2D eigenvalue weighted by atomic mass is 16.5. The minimum atomic E-state index is -0.175. The molecule has 2 rings (SSSR count). The highest BCUT2D eigenvalue weighted by Gasteiger charge is 2.22. The van der Waals surface area contributed by atoms with Gasteiger partial charge in [-0.3, -0.25) is 4.90 Å². The van der Waals surface area contributed by atoms with E-state index in [2.05, 4.69) is 4.90 Å². The maximum absolute atomic E-state index is 9.56. The van der Waals surface area contributed by atoms with Crippen LogP contribution in [0.25, 0.3) is 0 Å². The summed E-state index contributed by atoms with van der Waals surface area (Å²) in [5.74, 6) is 1.30. The molecule has 1 fully saturated rings. The van der Waals surface area contributed by atoms with E-state index in [9.17, 15) is 5.11 Å². The lowest BCUT2D eigenvalue weighted by molar-refractivity contribution is 0.0672. The molecule has 1 unspecified atom stereocenters. The molecular formula is C15H24N2O2. The second-order valence-corrected chi connectivity index (χ2v) is 5.34. The van der Waals surface area contributed by atoms with E-state index in [1.165, 1.54) is 0 Å². The average Bonchev–Trinajstić information content (AvgIpc) is 2.39. The Kier molecular flexibility index (Phi) is 5.05. The van der Waals surface area contributed by atoms with Gasteiger partial charge in [0, 0.05) is 18.3 Å². The first-order valence-electron chi connectivity index (χ1n) is 7.04. The smallest absolute Gasteiger partial charge is 0.121 e. The van der Waals surface area contributed by atoms with Crippen LogP contribution in [0.3, 0.4) is 0 Å². The number of benzene rings is 1. The van der Waals surface area contributed by atoms with Gasteiger partial charge in [0.1, 0.15) is 12.4 Å². The molecule has 1 aliphatic heterocycles. The molecule has 1 saturated heterocycles. The number of nitrogens with two attached hydrogens (primary N) is 1. The summed E-state index contributed by atoms with van der Waals surface area (Å²) < 4.78 is 5.69. The largest absolute Gasteiger partial charge is 0.492 e. The van der Waals surface area contributed by atoms with Gasteiger partial charge in [0.15, 0.2) is 0 Å². The van der Waals surface area contributed by atoms with E-state index < -0.39 is 0 Å². The molecule has 0 aliphatic carbocycles. The van der Waals surface area contributed by atoms with Gasteiger partial charge in [-0.25, -0.2) is 0 Å². The molecule has 1 aromatic carbocycles. The van der Waals surface area contributed by atoms with E-state index in [4.69, 9.17) is 10.5 Å². The van der Waals surface area contributed by atoms with Gasteiger partial charge in [-0.1, -0.05) is 6.07 Å². The first kappa shape index (κ1) is 14.2. The number of nitrogens with zero attached hydrogens (tertiary/aromatic N) is 1. The lowest BCUT2D eigenvalue weighted by atomic mass is 9.92. The van der Waals surface area contributed by atoms with Gasteiger partial charge in [0.25, 0.3) is 0 Å². The van der Waals surface area contributed by atoms with E-state index in [0.717, 1.165) is 43.9 Å². The van der Waals surface area contributed by atoms with E-state index in [1.807, 2.05) is 31.2 Å². The first-order valence-corrected chi connectivity index (χ1v) is 7.04. The van der Waals surface area contributed by atoms with Crippen molar-refractivity contribution < 1.29 is 9.84 Å². The Bertz CT molecular complexity index is 387. The zero-order chi connectivity index (χ0) is 13.7. The van der Waals surface area contributed by atoms with Crippen molar-refractivity contribution in [3.05, 3.63) is 24.3 Å². The fourth-order valence-corrected chi connectivity index (χ4v) is 2.56. The molecule has 1 aliphatic rings. The van der Waals surface area contributed by atoms with Crippen LogP contribution in [0.4, 0.5) is 5.69 Å². The Morgan fingerprint density at radius 1 is 1.42 bits per heavy atom. The highest BCUT2D eigenvalue weighted by Crippen LogP contribution is 2.20. The summed E-state index contributed by atoms with van der Waals surface area (Å²) in [7, 11) is 0. The zero-order valence-electron chi connectivity index (χ0n) is 11.6. The first-order chi connectivity index (χ1) is 9.15. The topological polar surface area (TPSA) is 58.7 Å². The van der Waals surface area contributed by atoms with Crippen LogP contribution in [-0.2, 0) is 0 Å². The lowest BCUT2D eigenvalue weighted by Crippen LogP contribution is -2.39. The van der Waals surface area contributed by atoms with E-state index in [1.54, 1.807) is 0 Å². The molecule has 0 spiro atoms. The number of piperidine rings is 1. The fourth-order valence-electron chi connectivity index (χ4n) is 2.56. The molecule has 0 aromatic heterocycles. The molecule has 0 amide bonds. The molecule has 4 nitrogen and oxygen atoms in total. The minimum Gasteiger partial charge on any atom is -0.492 e. The second-order valence-electron chi connectivity index (χ2n) is 5.34. The maximum atomic E-state index is 9.56. The van der Waals surface area contributed by atoms with E-state index in [-0.39, 0.29) is 6.10 Å². The van der Waals surface area contributed by atoms with Crippen molar-refractivity contribution >= 4 is 5.69 Å². The van der Waals surface area contributed by atoms with Gasteiger partial charge >= 0.3 is 0 Å². The van der Waals surface area contributed by atoms with Crippen LogP contribution in [0.1, 0.15) is 19.8 Å². The summed E-state index contributed by atoms with van der Waals surface area (Å²) in [6, 6.07) is 7.53. The SMILES string of the molecule is CC(O)C1CCN(CCOc2cccc(N)c2)CC1. The van der Waals surface area contributed by atoms with Gasteiger partial charge in [-0.15, -0.1) is 0 Å². The molecule has 1 atom stereocenters. The summed E-state index contributed by atoms with van der Waals surface area (Å²) in [4.78, 5) is 2.39. The van der Waals surface area contributed by atoms with Crippen LogP contribution in [0.5, 0.6) is 5.75 Å².